The lowest BCUT2D eigenvalue weighted by atomic mass is 10.1. The van der Waals surface area contributed by atoms with Crippen molar-refractivity contribution < 1.29 is 18.0 Å². The van der Waals surface area contributed by atoms with E-state index in [4.69, 9.17) is 0 Å². The molecule has 0 aliphatic carbocycles. The van der Waals surface area contributed by atoms with Crippen LogP contribution in [0.4, 0.5) is 23.7 Å². The molecule has 0 saturated carbocycles. The Morgan fingerprint density at radius 1 is 1.38 bits per heavy atom. The molecule has 0 heterocycles. The Morgan fingerprint density at radius 3 is 2.62 bits per heavy atom. The molecule has 0 atom stereocenters. The van der Waals surface area contributed by atoms with Crippen molar-refractivity contribution in [1.82, 2.24) is 5.32 Å². The summed E-state index contributed by atoms with van der Waals surface area (Å²) < 4.78 is 36.3. The smallest absolute Gasteiger partial charge is 0.341 e. The lowest BCUT2D eigenvalue weighted by molar-refractivity contribution is -0.127. The fourth-order valence-corrected chi connectivity index (χ4v) is 1.18. The number of carbonyl (C=O) groups excluding carboxylic acids is 1. The van der Waals surface area contributed by atoms with Crippen LogP contribution in [0.2, 0.25) is 0 Å². The van der Waals surface area contributed by atoms with Crippen LogP contribution in [0.1, 0.15) is 5.56 Å². The Bertz CT molecular complexity index is 377. The number of carbonyl (C=O) groups is 1. The van der Waals surface area contributed by atoms with Gasteiger partial charge in [0, 0.05) is 12.7 Å². The highest BCUT2D eigenvalue weighted by Crippen LogP contribution is 2.22. The number of urea groups is 1. The number of alkyl halides is 3. The van der Waals surface area contributed by atoms with Gasteiger partial charge in [-0.05, 0) is 17.7 Å². The molecule has 0 saturated heterocycles. The molecule has 88 valence electrons. The molecule has 0 bridgehead atoms. The van der Waals surface area contributed by atoms with Crippen LogP contribution in [-0.2, 0) is 6.42 Å². The van der Waals surface area contributed by atoms with Crippen LogP contribution in [0.3, 0.4) is 0 Å². The number of amides is 2. The van der Waals surface area contributed by atoms with Crippen molar-refractivity contribution >= 4 is 11.7 Å². The van der Waals surface area contributed by atoms with Gasteiger partial charge in [-0.3, -0.25) is 0 Å². The maximum atomic E-state index is 12.1. The van der Waals surface area contributed by atoms with Gasteiger partial charge in [0.2, 0.25) is 0 Å². The molecule has 1 rings (SSSR count). The second-order valence-electron chi connectivity index (χ2n) is 3.20. The predicted octanol–water partition coefficient (Wildman–Crippen LogP) is 2.54. The third-order valence-electron chi connectivity index (χ3n) is 1.82. The molecule has 0 aliphatic heterocycles. The summed E-state index contributed by atoms with van der Waals surface area (Å²) in [6.07, 6.45) is -5.25. The van der Waals surface area contributed by atoms with Crippen molar-refractivity contribution in [3.63, 3.8) is 0 Å². The van der Waals surface area contributed by atoms with Gasteiger partial charge in [0.1, 0.15) is 0 Å². The fraction of sp³-hybridized carbons (Fsp3) is 0.300. The zero-order valence-electron chi connectivity index (χ0n) is 8.56. The first-order chi connectivity index (χ1) is 7.40. The normalized spacial score (nSPS) is 11.0. The number of benzene rings is 1. The Balaban J connectivity index is 2.75. The molecule has 0 aromatic heterocycles. The molecule has 0 spiro atoms. The Hall–Kier alpha value is -1.72. The Morgan fingerprint density at radius 2 is 2.06 bits per heavy atom. The second kappa shape index (κ2) is 4.87. The molecule has 3 nitrogen and oxygen atoms in total. The van der Waals surface area contributed by atoms with E-state index in [1.165, 1.54) is 31.3 Å². The molecule has 2 N–H and O–H groups in total. The summed E-state index contributed by atoms with van der Waals surface area (Å²) in [6.45, 7) is 0. The zero-order chi connectivity index (χ0) is 12.2. The van der Waals surface area contributed by atoms with Gasteiger partial charge in [-0.2, -0.15) is 13.2 Å². The van der Waals surface area contributed by atoms with E-state index >= 15 is 0 Å². The maximum absolute atomic E-state index is 12.1. The van der Waals surface area contributed by atoms with Gasteiger partial charge >= 0.3 is 12.2 Å². The number of anilines is 1. The van der Waals surface area contributed by atoms with Gasteiger partial charge in [-0.1, -0.05) is 12.1 Å². The number of halogens is 3. The molecule has 0 radical (unpaired) electrons. The maximum Gasteiger partial charge on any atom is 0.393 e. The minimum absolute atomic E-state index is 0.112. The second-order valence-corrected chi connectivity index (χ2v) is 3.20. The van der Waals surface area contributed by atoms with E-state index in [1.54, 1.807) is 0 Å². The molecule has 0 aliphatic rings. The highest BCUT2D eigenvalue weighted by atomic mass is 19.4. The van der Waals surface area contributed by atoms with Crippen molar-refractivity contribution in [2.24, 2.45) is 0 Å². The molecular formula is C10H11F3N2O. The van der Waals surface area contributed by atoms with Crippen LogP contribution in [0.25, 0.3) is 0 Å². The van der Waals surface area contributed by atoms with Gasteiger partial charge in [0.25, 0.3) is 0 Å². The predicted molar refractivity (Wildman–Crippen MR) is 54.3 cm³/mol. The fourth-order valence-electron chi connectivity index (χ4n) is 1.18. The molecule has 2 amide bonds. The summed E-state index contributed by atoms with van der Waals surface area (Å²) in [5.74, 6) is 0. The SMILES string of the molecule is CNC(=O)Nc1cccc(CC(F)(F)F)c1. The van der Waals surface area contributed by atoms with Crippen LogP contribution in [0.15, 0.2) is 24.3 Å². The van der Waals surface area contributed by atoms with E-state index in [1.807, 2.05) is 0 Å². The Kier molecular flexibility index (Phi) is 3.76. The van der Waals surface area contributed by atoms with Gasteiger partial charge < -0.3 is 10.6 Å². The number of hydrogen-bond acceptors (Lipinski definition) is 1. The molecule has 0 fully saturated rings. The summed E-state index contributed by atoms with van der Waals surface area (Å²) in [6, 6.07) is 5.18. The van der Waals surface area contributed by atoms with Crippen molar-refractivity contribution in [3.05, 3.63) is 29.8 Å². The van der Waals surface area contributed by atoms with Crippen LogP contribution < -0.4 is 10.6 Å². The first-order valence-electron chi connectivity index (χ1n) is 4.55. The molecule has 0 unspecified atom stereocenters. The summed E-state index contributed by atoms with van der Waals surface area (Å²) in [4.78, 5) is 10.9. The first kappa shape index (κ1) is 12.4. The van der Waals surface area contributed by atoms with Gasteiger partial charge in [-0.15, -0.1) is 0 Å². The van der Waals surface area contributed by atoms with E-state index in [0.717, 1.165) is 0 Å². The molecule has 16 heavy (non-hydrogen) atoms. The van der Waals surface area contributed by atoms with Gasteiger partial charge in [0.15, 0.2) is 0 Å². The van der Waals surface area contributed by atoms with E-state index in [0.29, 0.717) is 5.69 Å². The topological polar surface area (TPSA) is 41.1 Å². The third-order valence-corrected chi connectivity index (χ3v) is 1.82. The standard InChI is InChI=1S/C10H11F3N2O/c1-14-9(16)15-8-4-2-3-7(5-8)6-10(11,12)13/h2-5H,6H2,1H3,(H2,14,15,16). The summed E-state index contributed by atoms with van der Waals surface area (Å²) in [5.41, 5.74) is 0.447. The average Bonchev–Trinajstić information content (AvgIpc) is 2.15. The lowest BCUT2D eigenvalue weighted by Crippen LogP contribution is -2.24. The molecule has 1 aromatic carbocycles. The van der Waals surface area contributed by atoms with E-state index in [9.17, 15) is 18.0 Å². The lowest BCUT2D eigenvalue weighted by Gasteiger charge is -2.08. The number of rotatable bonds is 2. The zero-order valence-corrected chi connectivity index (χ0v) is 8.56. The van der Waals surface area contributed by atoms with E-state index in [-0.39, 0.29) is 5.56 Å². The summed E-state index contributed by atoms with van der Waals surface area (Å²) in [7, 11) is 1.43. The molecular weight excluding hydrogens is 221 g/mol. The van der Waals surface area contributed by atoms with E-state index < -0.39 is 18.6 Å². The quantitative estimate of drug-likeness (QED) is 0.808. The molecule has 1 aromatic rings. The monoisotopic (exact) mass is 232 g/mol. The van der Waals surface area contributed by atoms with Gasteiger partial charge in [-0.25, -0.2) is 4.79 Å². The number of hydrogen-bond donors (Lipinski definition) is 2. The van der Waals surface area contributed by atoms with Crippen molar-refractivity contribution in [1.29, 1.82) is 0 Å². The highest BCUT2D eigenvalue weighted by Gasteiger charge is 2.27. The van der Waals surface area contributed by atoms with Crippen molar-refractivity contribution in [3.8, 4) is 0 Å². The largest absolute Gasteiger partial charge is 0.393 e. The van der Waals surface area contributed by atoms with Crippen LogP contribution >= 0.6 is 0 Å². The van der Waals surface area contributed by atoms with Crippen LogP contribution in [0, 0.1) is 0 Å². The molecule has 6 heteroatoms. The van der Waals surface area contributed by atoms with Gasteiger partial charge in [0.05, 0.1) is 6.42 Å². The highest BCUT2D eigenvalue weighted by molar-refractivity contribution is 5.89. The summed E-state index contributed by atoms with van der Waals surface area (Å²) >= 11 is 0. The third kappa shape index (κ3) is 4.20. The average molecular weight is 232 g/mol. The Labute approximate surface area is 90.6 Å². The minimum Gasteiger partial charge on any atom is -0.341 e. The van der Waals surface area contributed by atoms with Crippen LogP contribution in [0.5, 0.6) is 0 Å². The van der Waals surface area contributed by atoms with E-state index in [2.05, 4.69) is 10.6 Å². The van der Waals surface area contributed by atoms with Crippen LogP contribution in [-0.4, -0.2) is 19.3 Å². The van der Waals surface area contributed by atoms with Crippen molar-refractivity contribution in [2.45, 2.75) is 12.6 Å². The van der Waals surface area contributed by atoms with Crippen molar-refractivity contribution in [2.75, 3.05) is 12.4 Å². The first-order valence-corrected chi connectivity index (χ1v) is 4.55. The number of nitrogens with one attached hydrogen (secondary N) is 2. The minimum atomic E-state index is -4.24. The summed E-state index contributed by atoms with van der Waals surface area (Å²) in [5, 5.41) is 4.71.